The molecule has 3 atom stereocenters. The summed E-state index contributed by atoms with van der Waals surface area (Å²) < 4.78 is 0. The highest BCUT2D eigenvalue weighted by Crippen LogP contribution is 2.50. The van der Waals surface area contributed by atoms with Crippen molar-refractivity contribution in [2.45, 2.75) is 65.5 Å². The molecular weight excluding hydrogens is 434 g/mol. The summed E-state index contributed by atoms with van der Waals surface area (Å²) in [7, 11) is 0. The first-order chi connectivity index (χ1) is 17.1. The van der Waals surface area contributed by atoms with Gasteiger partial charge in [0, 0.05) is 17.5 Å². The van der Waals surface area contributed by atoms with Gasteiger partial charge in [-0.15, -0.1) is 0 Å². The molecule has 0 bridgehead atoms. The molecule has 2 unspecified atom stereocenters. The number of hydrogen-bond donors (Lipinski definition) is 1. The molecular formula is C35H47N. The molecule has 192 valence electrons. The SMILES string of the molecule is C=C/C=C\C=C(/C=C)C1CC(C(C)(C)CC(C)(C)N[C@H](C)c2ccccc2)CC(=C/C=C)/C1=C\C=C. The highest BCUT2D eigenvalue weighted by atomic mass is 15.0. The second-order valence-corrected chi connectivity index (χ2v) is 11.3. The van der Waals surface area contributed by atoms with Crippen LogP contribution >= 0.6 is 0 Å². The van der Waals surface area contributed by atoms with E-state index in [2.05, 4.69) is 121 Å². The van der Waals surface area contributed by atoms with Crippen LogP contribution in [0.25, 0.3) is 0 Å². The molecule has 0 spiro atoms. The van der Waals surface area contributed by atoms with Gasteiger partial charge >= 0.3 is 0 Å². The topological polar surface area (TPSA) is 12.0 Å². The van der Waals surface area contributed by atoms with Gasteiger partial charge in [-0.3, -0.25) is 0 Å². The molecule has 2 rings (SSSR count). The largest absolute Gasteiger partial charge is 0.305 e. The molecule has 0 amide bonds. The zero-order valence-electron chi connectivity index (χ0n) is 23.3. The maximum absolute atomic E-state index is 4.16. The Morgan fingerprint density at radius 3 is 2.22 bits per heavy atom. The van der Waals surface area contributed by atoms with Crippen molar-refractivity contribution in [1.82, 2.24) is 5.32 Å². The quantitative estimate of drug-likeness (QED) is 0.293. The van der Waals surface area contributed by atoms with Crippen LogP contribution in [0.1, 0.15) is 65.5 Å². The summed E-state index contributed by atoms with van der Waals surface area (Å²) in [6, 6.07) is 11.0. The Balaban J connectivity index is 2.37. The van der Waals surface area contributed by atoms with Crippen LogP contribution in [0.15, 0.2) is 128 Å². The first kappa shape index (κ1) is 29.3. The van der Waals surface area contributed by atoms with E-state index in [0.29, 0.717) is 12.0 Å². The summed E-state index contributed by atoms with van der Waals surface area (Å²) in [5.41, 5.74) is 5.33. The van der Waals surface area contributed by atoms with Crippen molar-refractivity contribution in [3.63, 3.8) is 0 Å². The second kappa shape index (κ2) is 13.4. The first-order valence-corrected chi connectivity index (χ1v) is 13.2. The fourth-order valence-electron chi connectivity index (χ4n) is 5.99. The Bertz CT molecular complexity index is 1030. The summed E-state index contributed by atoms with van der Waals surface area (Å²) in [4.78, 5) is 0. The molecule has 0 heterocycles. The van der Waals surface area contributed by atoms with Crippen molar-refractivity contribution < 1.29 is 0 Å². The minimum atomic E-state index is -0.0163. The smallest absolute Gasteiger partial charge is 0.0296 e. The lowest BCUT2D eigenvalue weighted by molar-refractivity contribution is 0.114. The van der Waals surface area contributed by atoms with Gasteiger partial charge in [0.2, 0.25) is 0 Å². The van der Waals surface area contributed by atoms with Crippen LogP contribution in [-0.4, -0.2) is 5.54 Å². The zero-order valence-corrected chi connectivity index (χ0v) is 23.3. The molecule has 0 aliphatic heterocycles. The van der Waals surface area contributed by atoms with Crippen molar-refractivity contribution in [2.24, 2.45) is 17.3 Å². The minimum Gasteiger partial charge on any atom is -0.305 e. The average molecular weight is 482 g/mol. The Labute approximate surface area is 221 Å². The first-order valence-electron chi connectivity index (χ1n) is 13.2. The van der Waals surface area contributed by atoms with E-state index >= 15 is 0 Å². The fraction of sp³-hybridized carbons (Fsp3) is 0.371. The molecule has 1 saturated carbocycles. The van der Waals surface area contributed by atoms with Crippen LogP contribution in [0.2, 0.25) is 0 Å². The van der Waals surface area contributed by atoms with Gasteiger partial charge < -0.3 is 5.32 Å². The predicted octanol–water partition coefficient (Wildman–Crippen LogP) is 9.64. The maximum Gasteiger partial charge on any atom is 0.0296 e. The van der Waals surface area contributed by atoms with Gasteiger partial charge in [0.15, 0.2) is 0 Å². The van der Waals surface area contributed by atoms with Crippen molar-refractivity contribution in [2.75, 3.05) is 0 Å². The number of hydrogen-bond acceptors (Lipinski definition) is 1. The van der Waals surface area contributed by atoms with Crippen molar-refractivity contribution in [3.05, 3.63) is 134 Å². The van der Waals surface area contributed by atoms with Gasteiger partial charge in [-0.05, 0) is 73.6 Å². The molecule has 1 N–H and O–H groups in total. The van der Waals surface area contributed by atoms with Gasteiger partial charge in [0.1, 0.15) is 0 Å². The lowest BCUT2D eigenvalue weighted by Gasteiger charge is -2.46. The lowest BCUT2D eigenvalue weighted by Crippen LogP contribution is -2.46. The molecule has 0 aromatic heterocycles. The third kappa shape index (κ3) is 8.07. The van der Waals surface area contributed by atoms with E-state index in [0.717, 1.165) is 19.3 Å². The molecule has 1 heteroatoms. The molecule has 1 aromatic carbocycles. The monoisotopic (exact) mass is 481 g/mol. The number of nitrogens with one attached hydrogen (secondary N) is 1. The van der Waals surface area contributed by atoms with E-state index in [9.17, 15) is 0 Å². The fourth-order valence-corrected chi connectivity index (χ4v) is 5.99. The summed E-state index contributed by atoms with van der Waals surface area (Å²) >= 11 is 0. The zero-order chi connectivity index (χ0) is 26.8. The summed E-state index contributed by atoms with van der Waals surface area (Å²) in [5, 5.41) is 3.91. The van der Waals surface area contributed by atoms with Crippen LogP contribution in [0.4, 0.5) is 0 Å². The third-order valence-corrected chi connectivity index (χ3v) is 7.43. The predicted molar refractivity (Wildman–Crippen MR) is 161 cm³/mol. The molecule has 1 aliphatic carbocycles. The van der Waals surface area contributed by atoms with Crippen LogP contribution < -0.4 is 5.32 Å². The van der Waals surface area contributed by atoms with E-state index in [1.54, 1.807) is 6.08 Å². The molecule has 0 radical (unpaired) electrons. The van der Waals surface area contributed by atoms with Gasteiger partial charge in [0.25, 0.3) is 0 Å². The summed E-state index contributed by atoms with van der Waals surface area (Å²) in [6.07, 6.45) is 21.4. The average Bonchev–Trinajstić information content (AvgIpc) is 2.82. The number of allylic oxidation sites excluding steroid dienone is 12. The van der Waals surface area contributed by atoms with Crippen LogP contribution in [-0.2, 0) is 0 Å². The van der Waals surface area contributed by atoms with E-state index in [1.165, 1.54) is 22.3 Å². The van der Waals surface area contributed by atoms with Gasteiger partial charge in [-0.25, -0.2) is 0 Å². The van der Waals surface area contributed by atoms with Crippen molar-refractivity contribution in [3.8, 4) is 0 Å². The second-order valence-electron chi connectivity index (χ2n) is 11.3. The van der Waals surface area contributed by atoms with Crippen molar-refractivity contribution >= 4 is 0 Å². The molecule has 0 saturated heterocycles. The van der Waals surface area contributed by atoms with Gasteiger partial charge in [-0.2, -0.15) is 0 Å². The molecule has 1 aliphatic rings. The lowest BCUT2D eigenvalue weighted by atomic mass is 9.60. The molecule has 1 aromatic rings. The van der Waals surface area contributed by atoms with Gasteiger partial charge in [0.05, 0.1) is 0 Å². The van der Waals surface area contributed by atoms with Crippen LogP contribution in [0.5, 0.6) is 0 Å². The Morgan fingerprint density at radius 2 is 1.64 bits per heavy atom. The minimum absolute atomic E-state index is 0.0163. The Kier molecular flexibility index (Phi) is 10.9. The molecule has 1 fully saturated rings. The highest BCUT2D eigenvalue weighted by molar-refractivity contribution is 5.46. The van der Waals surface area contributed by atoms with Crippen LogP contribution in [0.3, 0.4) is 0 Å². The van der Waals surface area contributed by atoms with E-state index in [1.807, 2.05) is 24.3 Å². The van der Waals surface area contributed by atoms with E-state index in [4.69, 9.17) is 0 Å². The number of rotatable bonds is 12. The summed E-state index contributed by atoms with van der Waals surface area (Å²) in [6.45, 7) is 27.8. The van der Waals surface area contributed by atoms with Crippen LogP contribution in [0, 0.1) is 17.3 Å². The standard InChI is InChI=1S/C35H47N/c1-10-14-16-21-28(13-4)33-25-31(24-30(19-11-2)32(33)20-12-3)34(6,7)26-35(8,9)36-27(5)29-22-17-15-18-23-29/h10-23,27,31,33,36H,1-4,24-26H2,5-9H3/b16-14-,28-21+,30-19-,32-20+/t27-,31?,33?/m1/s1. The molecule has 36 heavy (non-hydrogen) atoms. The third-order valence-electron chi connectivity index (χ3n) is 7.43. The summed E-state index contributed by atoms with van der Waals surface area (Å²) in [5.74, 6) is 0.772. The normalized spacial score (nSPS) is 22.5. The van der Waals surface area contributed by atoms with E-state index < -0.39 is 0 Å². The highest BCUT2D eigenvalue weighted by Gasteiger charge is 2.41. The van der Waals surface area contributed by atoms with Crippen molar-refractivity contribution in [1.29, 1.82) is 0 Å². The van der Waals surface area contributed by atoms with Gasteiger partial charge in [-0.1, -0.05) is 125 Å². The number of benzene rings is 1. The Hall–Kier alpha value is -2.90. The maximum atomic E-state index is 4.16. The Morgan fingerprint density at radius 1 is 0.972 bits per heavy atom. The van der Waals surface area contributed by atoms with E-state index in [-0.39, 0.29) is 16.9 Å². The molecule has 1 nitrogen and oxygen atoms in total.